The number of carbonyl (C=O) groups excluding carboxylic acids is 1. The summed E-state index contributed by atoms with van der Waals surface area (Å²) in [7, 11) is 1.63. The molecular formula is C24H26N4O3. The van der Waals surface area contributed by atoms with Gasteiger partial charge in [-0.25, -0.2) is 0 Å². The van der Waals surface area contributed by atoms with Crippen LogP contribution in [0.25, 0.3) is 17.5 Å². The Bertz CT molecular complexity index is 1050. The Kier molecular flexibility index (Phi) is 6.43. The molecule has 1 aliphatic heterocycles. The minimum atomic E-state index is 0.00463. The first kappa shape index (κ1) is 20.8. The highest BCUT2D eigenvalue weighted by Gasteiger charge is 2.21. The van der Waals surface area contributed by atoms with Crippen molar-refractivity contribution in [1.82, 2.24) is 19.9 Å². The molecule has 0 atom stereocenters. The summed E-state index contributed by atoms with van der Waals surface area (Å²) in [5.41, 5.74) is 3.02. The minimum absolute atomic E-state index is 0.00463. The number of amides is 1. The maximum atomic E-state index is 12.6. The summed E-state index contributed by atoms with van der Waals surface area (Å²) >= 11 is 0. The molecule has 0 aliphatic carbocycles. The maximum absolute atomic E-state index is 12.6. The number of carbonyl (C=O) groups is 1. The van der Waals surface area contributed by atoms with E-state index in [1.165, 1.54) is 5.56 Å². The van der Waals surface area contributed by atoms with Gasteiger partial charge < -0.3 is 14.2 Å². The Balaban J connectivity index is 1.29. The summed E-state index contributed by atoms with van der Waals surface area (Å²) < 4.78 is 10.8. The second-order valence-electron chi connectivity index (χ2n) is 7.55. The average molecular weight is 418 g/mol. The zero-order valence-electron chi connectivity index (χ0n) is 17.8. The zero-order valence-corrected chi connectivity index (χ0v) is 17.8. The van der Waals surface area contributed by atoms with E-state index in [4.69, 9.17) is 9.26 Å². The van der Waals surface area contributed by atoms with Crippen LogP contribution < -0.4 is 4.74 Å². The van der Waals surface area contributed by atoms with Gasteiger partial charge in [-0.15, -0.1) is 0 Å². The van der Waals surface area contributed by atoms with Crippen molar-refractivity contribution in [1.29, 1.82) is 0 Å². The van der Waals surface area contributed by atoms with E-state index < -0.39 is 0 Å². The Labute approximate surface area is 181 Å². The molecule has 1 aliphatic rings. The van der Waals surface area contributed by atoms with Crippen molar-refractivity contribution < 1.29 is 14.1 Å². The van der Waals surface area contributed by atoms with Gasteiger partial charge in [0.15, 0.2) is 0 Å². The van der Waals surface area contributed by atoms with Crippen LogP contribution in [-0.2, 0) is 11.3 Å². The van der Waals surface area contributed by atoms with Crippen LogP contribution in [0.2, 0.25) is 0 Å². The van der Waals surface area contributed by atoms with Gasteiger partial charge in [0.25, 0.3) is 0 Å². The molecule has 31 heavy (non-hydrogen) atoms. The molecular weight excluding hydrogens is 392 g/mol. The second-order valence-corrected chi connectivity index (χ2v) is 7.55. The molecule has 2 heterocycles. The van der Waals surface area contributed by atoms with Gasteiger partial charge >= 0.3 is 0 Å². The summed E-state index contributed by atoms with van der Waals surface area (Å²) in [5.74, 6) is 1.95. The minimum Gasteiger partial charge on any atom is -0.496 e. The van der Waals surface area contributed by atoms with Crippen LogP contribution in [0.15, 0.2) is 59.1 Å². The Morgan fingerprint density at radius 3 is 2.58 bits per heavy atom. The number of hydrogen-bond donors (Lipinski definition) is 0. The molecule has 1 fully saturated rings. The number of hydrogen-bond acceptors (Lipinski definition) is 6. The van der Waals surface area contributed by atoms with Crippen molar-refractivity contribution in [2.24, 2.45) is 0 Å². The molecule has 0 unspecified atom stereocenters. The van der Waals surface area contributed by atoms with Crippen LogP contribution in [0.3, 0.4) is 0 Å². The zero-order chi connectivity index (χ0) is 21.6. The van der Waals surface area contributed by atoms with Crippen LogP contribution in [0, 0.1) is 6.92 Å². The van der Waals surface area contributed by atoms with Crippen molar-refractivity contribution in [2.75, 3.05) is 33.3 Å². The molecule has 0 bridgehead atoms. The number of benzene rings is 2. The maximum Gasteiger partial charge on any atom is 0.246 e. The van der Waals surface area contributed by atoms with Gasteiger partial charge in [-0.2, -0.15) is 4.98 Å². The quantitative estimate of drug-likeness (QED) is 0.572. The monoisotopic (exact) mass is 418 g/mol. The number of methoxy groups -OCH3 is 1. The van der Waals surface area contributed by atoms with Crippen molar-refractivity contribution in [3.05, 3.63) is 71.6 Å². The fourth-order valence-electron chi connectivity index (χ4n) is 3.53. The predicted octanol–water partition coefficient (Wildman–Crippen LogP) is 3.41. The molecule has 0 N–H and O–H groups in total. The predicted molar refractivity (Wildman–Crippen MR) is 118 cm³/mol. The number of para-hydroxylation sites is 1. The van der Waals surface area contributed by atoms with Crippen molar-refractivity contribution in [3.63, 3.8) is 0 Å². The largest absolute Gasteiger partial charge is 0.496 e. The highest BCUT2D eigenvalue weighted by Crippen LogP contribution is 2.19. The van der Waals surface area contributed by atoms with Gasteiger partial charge in [-0.1, -0.05) is 53.2 Å². The molecule has 2 aromatic carbocycles. The van der Waals surface area contributed by atoms with E-state index in [1.54, 1.807) is 19.3 Å². The SMILES string of the molecule is COc1ccccc1/C=C/C(=O)N1CCN(Cc2nc(-c3ccc(C)cc3)no2)CC1. The van der Waals surface area contributed by atoms with Gasteiger partial charge in [0.2, 0.25) is 17.6 Å². The van der Waals surface area contributed by atoms with Crippen LogP contribution in [0.5, 0.6) is 5.75 Å². The standard InChI is InChI=1S/C24H26N4O3/c1-18-7-9-20(10-8-18)24-25-22(31-26-24)17-27-13-15-28(16-14-27)23(29)12-11-19-5-3-4-6-21(19)30-2/h3-12H,13-17H2,1-2H3/b12-11+. The summed E-state index contributed by atoms with van der Waals surface area (Å²) in [5, 5.41) is 4.10. The van der Waals surface area contributed by atoms with Crippen molar-refractivity contribution >= 4 is 12.0 Å². The van der Waals surface area contributed by atoms with E-state index in [1.807, 2.05) is 60.4 Å². The van der Waals surface area contributed by atoms with Gasteiger partial charge in [0.05, 0.1) is 13.7 Å². The number of aryl methyl sites for hydroxylation is 1. The lowest BCUT2D eigenvalue weighted by Crippen LogP contribution is -2.47. The molecule has 0 radical (unpaired) electrons. The Morgan fingerprint density at radius 2 is 1.84 bits per heavy atom. The summed E-state index contributed by atoms with van der Waals surface area (Å²) in [6, 6.07) is 15.7. The lowest BCUT2D eigenvalue weighted by atomic mass is 10.1. The smallest absolute Gasteiger partial charge is 0.246 e. The number of piperazine rings is 1. The molecule has 1 aromatic heterocycles. The van der Waals surface area contributed by atoms with E-state index in [0.717, 1.165) is 30.0 Å². The number of nitrogens with zero attached hydrogens (tertiary/aromatic N) is 4. The van der Waals surface area contributed by atoms with Gasteiger partial charge in [0.1, 0.15) is 5.75 Å². The highest BCUT2D eigenvalue weighted by atomic mass is 16.5. The van der Waals surface area contributed by atoms with E-state index in [2.05, 4.69) is 15.0 Å². The highest BCUT2D eigenvalue weighted by molar-refractivity contribution is 5.92. The molecule has 1 saturated heterocycles. The molecule has 160 valence electrons. The molecule has 0 saturated carbocycles. The van der Waals surface area contributed by atoms with Gasteiger partial charge in [0, 0.05) is 43.4 Å². The van der Waals surface area contributed by atoms with E-state index in [-0.39, 0.29) is 5.91 Å². The van der Waals surface area contributed by atoms with Crippen LogP contribution in [-0.4, -0.2) is 59.1 Å². The van der Waals surface area contributed by atoms with Crippen LogP contribution in [0.1, 0.15) is 17.0 Å². The molecule has 3 aromatic rings. The van der Waals surface area contributed by atoms with Gasteiger partial charge in [-0.3, -0.25) is 9.69 Å². The number of rotatable bonds is 6. The molecule has 1 amide bonds. The summed E-state index contributed by atoms with van der Waals surface area (Å²) in [6.45, 7) is 5.47. The van der Waals surface area contributed by atoms with Crippen molar-refractivity contribution in [2.45, 2.75) is 13.5 Å². The first-order valence-corrected chi connectivity index (χ1v) is 10.3. The normalized spacial score (nSPS) is 14.8. The first-order valence-electron chi connectivity index (χ1n) is 10.3. The molecule has 4 rings (SSSR count). The van der Waals surface area contributed by atoms with Crippen LogP contribution >= 0.6 is 0 Å². The molecule has 7 heteroatoms. The topological polar surface area (TPSA) is 71.7 Å². The first-order chi connectivity index (χ1) is 15.1. The third kappa shape index (κ3) is 5.19. The van der Waals surface area contributed by atoms with Crippen LogP contribution in [0.4, 0.5) is 0 Å². The van der Waals surface area contributed by atoms with E-state index in [0.29, 0.717) is 31.3 Å². The fourth-order valence-corrected chi connectivity index (χ4v) is 3.53. The number of ether oxygens (including phenoxy) is 1. The number of aromatic nitrogens is 2. The van der Waals surface area contributed by atoms with Gasteiger partial charge in [-0.05, 0) is 19.1 Å². The fraction of sp³-hybridized carbons (Fsp3) is 0.292. The lowest BCUT2D eigenvalue weighted by molar-refractivity contribution is -0.127. The molecule has 0 spiro atoms. The molecule has 7 nitrogen and oxygen atoms in total. The van der Waals surface area contributed by atoms with E-state index in [9.17, 15) is 4.79 Å². The third-order valence-corrected chi connectivity index (χ3v) is 5.37. The Hall–Kier alpha value is -3.45. The van der Waals surface area contributed by atoms with Crippen molar-refractivity contribution in [3.8, 4) is 17.1 Å². The lowest BCUT2D eigenvalue weighted by Gasteiger charge is -2.33. The second kappa shape index (κ2) is 9.57. The van der Waals surface area contributed by atoms with E-state index >= 15 is 0 Å². The Morgan fingerprint density at radius 1 is 1.10 bits per heavy atom. The summed E-state index contributed by atoms with van der Waals surface area (Å²) in [6.07, 6.45) is 3.41. The average Bonchev–Trinajstić information content (AvgIpc) is 3.27. The third-order valence-electron chi connectivity index (χ3n) is 5.37. The summed E-state index contributed by atoms with van der Waals surface area (Å²) in [4.78, 5) is 21.2.